The van der Waals surface area contributed by atoms with Crippen LogP contribution >= 0.6 is 0 Å². The summed E-state index contributed by atoms with van der Waals surface area (Å²) in [7, 11) is 0.267. The van der Waals surface area contributed by atoms with Crippen LogP contribution in [-0.4, -0.2) is 74.7 Å². The molecule has 0 radical (unpaired) electrons. The molecule has 2 aliphatic rings. The summed E-state index contributed by atoms with van der Waals surface area (Å²) < 4.78 is 32.2. The molecule has 2 aromatic carbocycles. The van der Waals surface area contributed by atoms with Gasteiger partial charge in [0.15, 0.2) is 9.84 Å². The van der Waals surface area contributed by atoms with Crippen LogP contribution in [0.3, 0.4) is 0 Å². The lowest BCUT2D eigenvalue weighted by Crippen LogP contribution is -2.52. The largest absolute Gasteiger partial charge is 0.495 e. The highest BCUT2D eigenvalue weighted by Gasteiger charge is 2.44. The van der Waals surface area contributed by atoms with Gasteiger partial charge in [-0.05, 0) is 76.8 Å². The lowest BCUT2D eigenvalue weighted by molar-refractivity contribution is -0.132. The molecule has 1 N–H and O–H groups in total. The van der Waals surface area contributed by atoms with Crippen molar-refractivity contribution in [3.63, 3.8) is 0 Å². The predicted octanol–water partition coefficient (Wildman–Crippen LogP) is 4.06. The SMILES string of the molecule is COc1ccccc1NC1CCN([C@H]2CC[C@@H](N(C)C(C)C)C[C@@H]2CS(=O)(=O)c2ccccc2)C1=O. The number of methoxy groups -OCH3 is 1. The van der Waals surface area contributed by atoms with Gasteiger partial charge in [0.2, 0.25) is 5.91 Å². The Hall–Kier alpha value is -2.58. The van der Waals surface area contributed by atoms with Gasteiger partial charge in [0.1, 0.15) is 11.8 Å². The number of nitrogens with one attached hydrogen (secondary N) is 1. The van der Waals surface area contributed by atoms with E-state index in [2.05, 4.69) is 31.1 Å². The lowest BCUT2D eigenvalue weighted by atomic mass is 9.81. The van der Waals surface area contributed by atoms with Crippen LogP contribution in [0.25, 0.3) is 0 Å². The maximum absolute atomic E-state index is 13.6. The molecule has 7 nitrogen and oxygen atoms in total. The van der Waals surface area contributed by atoms with Crippen LogP contribution in [0.4, 0.5) is 5.69 Å². The highest BCUT2D eigenvalue weighted by atomic mass is 32.2. The van der Waals surface area contributed by atoms with Gasteiger partial charge in [0.25, 0.3) is 0 Å². The molecule has 2 aromatic rings. The first kappa shape index (κ1) is 26.5. The molecule has 1 saturated carbocycles. The van der Waals surface area contributed by atoms with Crippen molar-refractivity contribution in [2.45, 2.75) is 68.6 Å². The first-order valence-electron chi connectivity index (χ1n) is 12.9. The molecule has 36 heavy (non-hydrogen) atoms. The van der Waals surface area contributed by atoms with E-state index in [0.717, 1.165) is 24.9 Å². The number of carbonyl (C=O) groups is 1. The van der Waals surface area contributed by atoms with Crippen LogP contribution < -0.4 is 10.1 Å². The van der Waals surface area contributed by atoms with Crippen molar-refractivity contribution >= 4 is 21.4 Å². The van der Waals surface area contributed by atoms with Crippen molar-refractivity contribution in [1.29, 1.82) is 0 Å². The first-order valence-corrected chi connectivity index (χ1v) is 14.6. The minimum atomic E-state index is -3.47. The molecule has 0 aromatic heterocycles. The first-order chi connectivity index (χ1) is 17.2. The number of benzene rings is 2. The maximum Gasteiger partial charge on any atom is 0.245 e. The number of hydrogen-bond donors (Lipinski definition) is 1. The third-order valence-electron chi connectivity index (χ3n) is 7.92. The minimum absolute atomic E-state index is 0.0451. The third-order valence-corrected chi connectivity index (χ3v) is 9.78. The molecule has 4 rings (SSSR count). The number of sulfone groups is 1. The van der Waals surface area contributed by atoms with Gasteiger partial charge in [-0.1, -0.05) is 30.3 Å². The second kappa shape index (κ2) is 11.2. The molecular formula is C28H39N3O4S. The zero-order chi connectivity index (χ0) is 25.9. The molecule has 0 spiro atoms. The van der Waals surface area contributed by atoms with Gasteiger partial charge in [-0.25, -0.2) is 8.42 Å². The summed E-state index contributed by atoms with van der Waals surface area (Å²) in [6, 6.07) is 16.5. The number of nitrogens with zero attached hydrogens (tertiary/aromatic N) is 2. The number of rotatable bonds is 9. The second-order valence-corrected chi connectivity index (χ2v) is 12.4. The molecule has 1 unspecified atom stereocenters. The average molecular weight is 514 g/mol. The van der Waals surface area contributed by atoms with Crippen LogP contribution in [0, 0.1) is 5.92 Å². The Balaban J connectivity index is 1.54. The molecule has 4 atom stereocenters. The Morgan fingerprint density at radius 3 is 2.44 bits per heavy atom. The molecule has 1 amide bonds. The van der Waals surface area contributed by atoms with E-state index in [-0.39, 0.29) is 29.7 Å². The average Bonchev–Trinajstić information content (AvgIpc) is 3.23. The zero-order valence-corrected chi connectivity index (χ0v) is 22.6. The van der Waals surface area contributed by atoms with Gasteiger partial charge in [-0.15, -0.1) is 0 Å². The van der Waals surface area contributed by atoms with Gasteiger partial charge >= 0.3 is 0 Å². The van der Waals surface area contributed by atoms with Crippen molar-refractivity contribution in [3.05, 3.63) is 54.6 Å². The van der Waals surface area contributed by atoms with Gasteiger partial charge in [-0.2, -0.15) is 0 Å². The molecular weight excluding hydrogens is 474 g/mol. The molecule has 1 saturated heterocycles. The van der Waals surface area contributed by atoms with Crippen molar-refractivity contribution < 1.29 is 17.9 Å². The third kappa shape index (κ3) is 5.70. The monoisotopic (exact) mass is 513 g/mol. The van der Waals surface area contributed by atoms with E-state index in [0.29, 0.717) is 35.7 Å². The van der Waals surface area contributed by atoms with Gasteiger partial charge in [0, 0.05) is 24.7 Å². The van der Waals surface area contributed by atoms with Crippen molar-refractivity contribution in [3.8, 4) is 5.75 Å². The fourth-order valence-electron chi connectivity index (χ4n) is 5.73. The number of likely N-dealkylation sites (tertiary alicyclic amines) is 1. The van der Waals surface area contributed by atoms with E-state index >= 15 is 0 Å². The molecule has 1 aliphatic carbocycles. The molecule has 1 aliphatic heterocycles. The fraction of sp³-hybridized carbons (Fsp3) is 0.536. The highest BCUT2D eigenvalue weighted by molar-refractivity contribution is 7.91. The van der Waals surface area contributed by atoms with E-state index in [1.807, 2.05) is 35.2 Å². The molecule has 2 fully saturated rings. The number of carbonyl (C=O) groups excluding carboxylic acids is 1. The summed E-state index contributed by atoms with van der Waals surface area (Å²) in [5.74, 6) is 0.680. The number of ether oxygens (including phenoxy) is 1. The zero-order valence-electron chi connectivity index (χ0n) is 21.8. The summed E-state index contributed by atoms with van der Waals surface area (Å²) in [4.78, 5) is 18.2. The van der Waals surface area contributed by atoms with Gasteiger partial charge < -0.3 is 19.9 Å². The van der Waals surface area contributed by atoms with Crippen LogP contribution in [0.1, 0.15) is 39.5 Å². The van der Waals surface area contributed by atoms with Crippen LogP contribution in [-0.2, 0) is 14.6 Å². The van der Waals surface area contributed by atoms with Gasteiger partial charge in [-0.3, -0.25) is 4.79 Å². The number of amides is 1. The Morgan fingerprint density at radius 2 is 1.75 bits per heavy atom. The Labute approximate surface area is 215 Å². The Bertz CT molecular complexity index is 1140. The topological polar surface area (TPSA) is 79.0 Å². The maximum atomic E-state index is 13.6. The predicted molar refractivity (Wildman–Crippen MR) is 143 cm³/mol. The summed E-state index contributed by atoms with van der Waals surface area (Å²) in [6.45, 7) is 4.96. The van der Waals surface area contributed by atoms with Crippen LogP contribution in [0.5, 0.6) is 5.75 Å². The number of para-hydroxylation sites is 2. The van der Waals surface area contributed by atoms with E-state index in [1.165, 1.54) is 0 Å². The quantitative estimate of drug-likeness (QED) is 0.545. The molecule has 1 heterocycles. The number of hydrogen-bond acceptors (Lipinski definition) is 6. The molecule has 0 bridgehead atoms. The molecule has 8 heteroatoms. The van der Waals surface area contributed by atoms with Crippen molar-refractivity contribution in [2.24, 2.45) is 5.92 Å². The van der Waals surface area contributed by atoms with E-state index in [1.54, 1.807) is 31.4 Å². The van der Waals surface area contributed by atoms with Crippen molar-refractivity contribution in [1.82, 2.24) is 9.80 Å². The summed E-state index contributed by atoms with van der Waals surface area (Å²) in [5.41, 5.74) is 0.797. The minimum Gasteiger partial charge on any atom is -0.495 e. The number of anilines is 1. The fourth-order valence-corrected chi connectivity index (χ4v) is 7.41. The summed E-state index contributed by atoms with van der Waals surface area (Å²) in [6.07, 6.45) is 3.21. The highest BCUT2D eigenvalue weighted by Crippen LogP contribution is 2.36. The van der Waals surface area contributed by atoms with Gasteiger partial charge in [0.05, 0.1) is 23.4 Å². The summed E-state index contributed by atoms with van der Waals surface area (Å²) >= 11 is 0. The lowest BCUT2D eigenvalue weighted by Gasteiger charge is -2.44. The summed E-state index contributed by atoms with van der Waals surface area (Å²) in [5, 5.41) is 3.37. The smallest absolute Gasteiger partial charge is 0.245 e. The van der Waals surface area contributed by atoms with Crippen molar-refractivity contribution in [2.75, 3.05) is 31.8 Å². The van der Waals surface area contributed by atoms with E-state index in [4.69, 9.17) is 4.74 Å². The van der Waals surface area contributed by atoms with Crippen LogP contribution in [0.2, 0.25) is 0 Å². The van der Waals surface area contributed by atoms with E-state index in [9.17, 15) is 13.2 Å². The normalized spacial score (nSPS) is 24.9. The Morgan fingerprint density at radius 1 is 1.06 bits per heavy atom. The van der Waals surface area contributed by atoms with Crippen LogP contribution in [0.15, 0.2) is 59.5 Å². The van der Waals surface area contributed by atoms with E-state index < -0.39 is 9.84 Å². The standard InChI is InChI=1S/C28H39N3O4S/c1-20(2)30(3)22-14-15-26(21(18-22)19-36(33,34)23-10-6-5-7-11-23)31-17-16-25(28(31)32)29-24-12-8-9-13-27(24)35-4/h5-13,20-22,25-26,29H,14-19H2,1-4H3/t21-,22-,25?,26+/m1/s1. The second-order valence-electron chi connectivity index (χ2n) is 10.4. The Kier molecular flexibility index (Phi) is 8.25. The molecule has 196 valence electrons.